The third-order valence-corrected chi connectivity index (χ3v) is 3.32. The zero-order valence-electron chi connectivity index (χ0n) is 9.51. The van der Waals surface area contributed by atoms with Crippen LogP contribution in [0.5, 0.6) is 0 Å². The molecular weight excluding hydrogens is 206 g/mol. The summed E-state index contributed by atoms with van der Waals surface area (Å²) in [4.78, 5) is 22.5. The number of nitrogens with one attached hydrogen (secondary N) is 2. The molecular formula is C11H17N3O2. The van der Waals surface area contributed by atoms with E-state index >= 15 is 0 Å². The summed E-state index contributed by atoms with van der Waals surface area (Å²) in [6, 6.07) is 1.75. The molecule has 0 aromatic heterocycles. The molecule has 0 atom stereocenters. The van der Waals surface area contributed by atoms with Crippen molar-refractivity contribution >= 4 is 11.8 Å². The number of nitriles is 1. The van der Waals surface area contributed by atoms with Gasteiger partial charge in [0.2, 0.25) is 0 Å². The van der Waals surface area contributed by atoms with Crippen molar-refractivity contribution in [1.29, 1.82) is 5.26 Å². The molecule has 1 aliphatic rings. The molecule has 1 aliphatic carbocycles. The van der Waals surface area contributed by atoms with Gasteiger partial charge in [0.1, 0.15) is 6.54 Å². The maximum absolute atomic E-state index is 11.3. The highest BCUT2D eigenvalue weighted by molar-refractivity contribution is 6.35. The summed E-state index contributed by atoms with van der Waals surface area (Å²) in [6.45, 7) is 2.52. The Morgan fingerprint density at radius 1 is 1.31 bits per heavy atom. The SMILES string of the molecule is CCC1(CNC(=O)C(=O)NCC#N)CCC1. The van der Waals surface area contributed by atoms with Crippen molar-refractivity contribution in [3.05, 3.63) is 0 Å². The van der Waals surface area contributed by atoms with Gasteiger partial charge in [-0.1, -0.05) is 13.3 Å². The van der Waals surface area contributed by atoms with Crippen LogP contribution in [-0.4, -0.2) is 24.9 Å². The molecule has 0 spiro atoms. The van der Waals surface area contributed by atoms with E-state index in [1.54, 1.807) is 6.07 Å². The van der Waals surface area contributed by atoms with E-state index < -0.39 is 11.8 Å². The van der Waals surface area contributed by atoms with Gasteiger partial charge in [0.15, 0.2) is 0 Å². The average molecular weight is 223 g/mol. The van der Waals surface area contributed by atoms with Crippen molar-refractivity contribution in [2.45, 2.75) is 32.6 Å². The van der Waals surface area contributed by atoms with E-state index in [0.29, 0.717) is 6.54 Å². The lowest BCUT2D eigenvalue weighted by molar-refractivity contribution is -0.139. The first kappa shape index (κ1) is 12.5. The van der Waals surface area contributed by atoms with Gasteiger partial charge < -0.3 is 10.6 Å². The summed E-state index contributed by atoms with van der Waals surface area (Å²) < 4.78 is 0. The largest absolute Gasteiger partial charge is 0.347 e. The minimum atomic E-state index is -0.730. The molecule has 1 saturated carbocycles. The van der Waals surface area contributed by atoms with Crippen LogP contribution in [0.4, 0.5) is 0 Å². The van der Waals surface area contributed by atoms with Gasteiger partial charge in [-0.2, -0.15) is 5.26 Å². The Balaban J connectivity index is 2.29. The number of nitrogens with zero attached hydrogens (tertiary/aromatic N) is 1. The molecule has 0 saturated heterocycles. The molecule has 1 fully saturated rings. The van der Waals surface area contributed by atoms with Crippen LogP contribution in [0.15, 0.2) is 0 Å². The zero-order valence-corrected chi connectivity index (χ0v) is 9.51. The predicted molar refractivity (Wildman–Crippen MR) is 58.2 cm³/mol. The highest BCUT2D eigenvalue weighted by Crippen LogP contribution is 2.42. The molecule has 0 aromatic carbocycles. The van der Waals surface area contributed by atoms with Crippen LogP contribution in [0.25, 0.3) is 0 Å². The summed E-state index contributed by atoms with van der Waals surface area (Å²) in [5.74, 6) is -1.37. The second-order valence-corrected chi connectivity index (χ2v) is 4.23. The quantitative estimate of drug-likeness (QED) is 0.532. The van der Waals surface area contributed by atoms with E-state index in [4.69, 9.17) is 5.26 Å². The maximum Gasteiger partial charge on any atom is 0.310 e. The summed E-state index contributed by atoms with van der Waals surface area (Å²) in [7, 11) is 0. The molecule has 0 bridgehead atoms. The minimum absolute atomic E-state index is 0.134. The van der Waals surface area contributed by atoms with Gasteiger partial charge in [-0.3, -0.25) is 9.59 Å². The number of hydrogen-bond donors (Lipinski definition) is 2. The number of rotatable bonds is 4. The van der Waals surface area contributed by atoms with Gasteiger partial charge in [-0.15, -0.1) is 0 Å². The topological polar surface area (TPSA) is 82.0 Å². The molecule has 0 aromatic rings. The molecule has 5 nitrogen and oxygen atoms in total. The molecule has 2 amide bonds. The summed E-state index contributed by atoms with van der Waals surface area (Å²) >= 11 is 0. The molecule has 1 rings (SSSR count). The lowest BCUT2D eigenvalue weighted by atomic mass is 9.67. The van der Waals surface area contributed by atoms with E-state index in [1.165, 1.54) is 6.42 Å². The third kappa shape index (κ3) is 2.96. The van der Waals surface area contributed by atoms with Crippen LogP contribution < -0.4 is 10.6 Å². The first-order valence-electron chi connectivity index (χ1n) is 5.56. The molecule has 5 heteroatoms. The monoisotopic (exact) mass is 223 g/mol. The zero-order chi connectivity index (χ0) is 12.0. The van der Waals surface area contributed by atoms with Crippen LogP contribution in [0.2, 0.25) is 0 Å². The molecule has 2 N–H and O–H groups in total. The second kappa shape index (κ2) is 5.50. The fraction of sp³-hybridized carbons (Fsp3) is 0.727. The molecule has 0 aliphatic heterocycles. The van der Waals surface area contributed by atoms with Crippen molar-refractivity contribution in [1.82, 2.24) is 10.6 Å². The molecule has 88 valence electrons. The number of hydrogen-bond acceptors (Lipinski definition) is 3. The number of amides is 2. The molecule has 16 heavy (non-hydrogen) atoms. The van der Waals surface area contributed by atoms with E-state index in [9.17, 15) is 9.59 Å². The molecule has 0 heterocycles. The number of carbonyl (C=O) groups excluding carboxylic acids is 2. The fourth-order valence-corrected chi connectivity index (χ4v) is 1.88. The molecule has 0 radical (unpaired) electrons. The first-order valence-corrected chi connectivity index (χ1v) is 5.56. The Morgan fingerprint density at radius 3 is 2.38 bits per heavy atom. The summed E-state index contributed by atoms with van der Waals surface area (Å²) in [6.07, 6.45) is 4.45. The van der Waals surface area contributed by atoms with Crippen molar-refractivity contribution < 1.29 is 9.59 Å². The highest BCUT2D eigenvalue weighted by Gasteiger charge is 2.35. The van der Waals surface area contributed by atoms with Crippen molar-refractivity contribution in [3.8, 4) is 6.07 Å². The Hall–Kier alpha value is -1.57. The van der Waals surface area contributed by atoms with Gasteiger partial charge in [-0.05, 0) is 24.7 Å². The average Bonchev–Trinajstić information content (AvgIpc) is 2.24. The van der Waals surface area contributed by atoms with Gasteiger partial charge in [0.05, 0.1) is 6.07 Å². The normalized spacial score (nSPS) is 16.8. The van der Waals surface area contributed by atoms with Gasteiger partial charge >= 0.3 is 11.8 Å². The Labute approximate surface area is 95.2 Å². The smallest absolute Gasteiger partial charge is 0.310 e. The van der Waals surface area contributed by atoms with E-state index in [-0.39, 0.29) is 12.0 Å². The van der Waals surface area contributed by atoms with Gasteiger partial charge in [-0.25, -0.2) is 0 Å². The molecule has 0 unspecified atom stereocenters. The Morgan fingerprint density at radius 2 is 1.94 bits per heavy atom. The Kier molecular flexibility index (Phi) is 4.29. The lowest BCUT2D eigenvalue weighted by Gasteiger charge is -2.41. The maximum atomic E-state index is 11.3. The van der Waals surface area contributed by atoms with Crippen LogP contribution in [0.3, 0.4) is 0 Å². The van der Waals surface area contributed by atoms with Crippen LogP contribution in [0, 0.1) is 16.7 Å². The fourth-order valence-electron chi connectivity index (χ4n) is 1.88. The summed E-state index contributed by atoms with van der Waals surface area (Å²) in [5.41, 5.74) is 0.200. The summed E-state index contributed by atoms with van der Waals surface area (Å²) in [5, 5.41) is 13.1. The van der Waals surface area contributed by atoms with Crippen LogP contribution in [-0.2, 0) is 9.59 Å². The number of carbonyl (C=O) groups is 2. The Bertz CT molecular complexity index is 310. The standard InChI is InChI=1S/C11H17N3O2/c1-2-11(4-3-5-11)8-14-10(16)9(15)13-7-6-12/h2-5,7-8H2,1H3,(H,13,15)(H,14,16). The van der Waals surface area contributed by atoms with Gasteiger partial charge in [0, 0.05) is 6.54 Å². The van der Waals surface area contributed by atoms with Crippen molar-refractivity contribution in [3.63, 3.8) is 0 Å². The van der Waals surface area contributed by atoms with E-state index in [2.05, 4.69) is 17.6 Å². The predicted octanol–water partition coefficient (Wildman–Crippen LogP) is 0.323. The van der Waals surface area contributed by atoms with Gasteiger partial charge in [0.25, 0.3) is 0 Å². The van der Waals surface area contributed by atoms with Crippen LogP contribution in [0.1, 0.15) is 32.6 Å². The lowest BCUT2D eigenvalue weighted by Crippen LogP contribution is -2.46. The van der Waals surface area contributed by atoms with Crippen molar-refractivity contribution in [2.75, 3.05) is 13.1 Å². The first-order chi connectivity index (χ1) is 7.63. The third-order valence-electron chi connectivity index (χ3n) is 3.32. The minimum Gasteiger partial charge on any atom is -0.347 e. The van der Waals surface area contributed by atoms with Crippen LogP contribution >= 0.6 is 0 Å². The van der Waals surface area contributed by atoms with E-state index in [1.807, 2.05) is 0 Å². The highest BCUT2D eigenvalue weighted by atomic mass is 16.2. The van der Waals surface area contributed by atoms with E-state index in [0.717, 1.165) is 19.3 Å². The van der Waals surface area contributed by atoms with Crippen molar-refractivity contribution in [2.24, 2.45) is 5.41 Å². The second-order valence-electron chi connectivity index (χ2n) is 4.23.